The molecule has 1 fully saturated rings. The molecule has 0 spiro atoms. The average molecular weight is 342 g/mol. The maximum Gasteiger partial charge on any atom is 0.256 e. The zero-order chi connectivity index (χ0) is 17.9. The fraction of sp³-hybridized carbons (Fsp3) is 0.588. The number of nitrogens with zero attached hydrogens (tertiary/aromatic N) is 1. The average Bonchev–Trinajstić information content (AvgIpc) is 2.80. The summed E-state index contributed by atoms with van der Waals surface area (Å²) >= 11 is 0. The van der Waals surface area contributed by atoms with E-state index in [1.165, 1.54) is 4.90 Å². The van der Waals surface area contributed by atoms with Gasteiger partial charge in [0.1, 0.15) is 12.1 Å². The normalized spacial score (nSPS) is 29.0. The standard InChI is InChI=1S/C17H24F2N2O3/c1-3-20-13(22)9-12-15(23)16(24)14(17(18)19)21(12)10(2)11-7-5-4-6-8-11/h4-8,10,12,14-17,23-24H,3,9H2,1-2H3,(H,20,22)/t10?,12-,14+,15-,16-/m1/s1. The number of hydrogen-bond acceptors (Lipinski definition) is 4. The molecule has 0 radical (unpaired) electrons. The van der Waals surface area contributed by atoms with E-state index in [-0.39, 0.29) is 12.3 Å². The van der Waals surface area contributed by atoms with Crippen LogP contribution >= 0.6 is 0 Å². The molecule has 0 aliphatic carbocycles. The molecule has 5 atom stereocenters. The second kappa shape index (κ2) is 8.00. The third kappa shape index (κ3) is 3.74. The first-order valence-corrected chi connectivity index (χ1v) is 8.11. The minimum absolute atomic E-state index is 0.146. The quantitative estimate of drug-likeness (QED) is 0.729. The van der Waals surface area contributed by atoms with Crippen LogP contribution < -0.4 is 5.32 Å². The van der Waals surface area contributed by atoms with E-state index < -0.39 is 36.8 Å². The maximum absolute atomic E-state index is 13.5. The van der Waals surface area contributed by atoms with E-state index in [1.54, 1.807) is 38.1 Å². The van der Waals surface area contributed by atoms with Crippen LogP contribution in [0.1, 0.15) is 31.9 Å². The lowest BCUT2D eigenvalue weighted by Gasteiger charge is -2.35. The molecule has 5 nitrogen and oxygen atoms in total. The molecule has 0 aromatic heterocycles. The molecule has 0 bridgehead atoms. The summed E-state index contributed by atoms with van der Waals surface area (Å²) in [6, 6.07) is 6.14. The van der Waals surface area contributed by atoms with Crippen LogP contribution in [-0.2, 0) is 4.79 Å². The largest absolute Gasteiger partial charge is 0.389 e. The highest BCUT2D eigenvalue weighted by molar-refractivity contribution is 5.76. The first-order valence-electron chi connectivity index (χ1n) is 8.11. The van der Waals surface area contributed by atoms with E-state index in [4.69, 9.17) is 0 Å². The first-order chi connectivity index (χ1) is 11.4. The smallest absolute Gasteiger partial charge is 0.256 e. The van der Waals surface area contributed by atoms with Gasteiger partial charge in [-0.05, 0) is 19.4 Å². The molecule has 2 rings (SSSR count). The van der Waals surface area contributed by atoms with Gasteiger partial charge in [0.15, 0.2) is 0 Å². The van der Waals surface area contributed by atoms with Gasteiger partial charge in [-0.15, -0.1) is 0 Å². The molecule has 1 unspecified atom stereocenters. The van der Waals surface area contributed by atoms with Crippen LogP contribution in [-0.4, -0.2) is 58.3 Å². The number of amides is 1. The second-order valence-electron chi connectivity index (χ2n) is 6.07. The molecule has 7 heteroatoms. The number of nitrogens with one attached hydrogen (secondary N) is 1. The van der Waals surface area contributed by atoms with Crippen molar-refractivity contribution in [1.82, 2.24) is 10.2 Å². The Bertz CT molecular complexity index is 544. The number of likely N-dealkylation sites (tertiary alicyclic amines) is 1. The summed E-state index contributed by atoms with van der Waals surface area (Å²) in [5.41, 5.74) is 0.783. The zero-order valence-corrected chi connectivity index (χ0v) is 13.8. The third-order valence-electron chi connectivity index (χ3n) is 4.58. The van der Waals surface area contributed by atoms with Gasteiger partial charge in [-0.3, -0.25) is 9.69 Å². The molecule has 1 aromatic carbocycles. The molecular weight excluding hydrogens is 318 g/mol. The molecule has 1 aliphatic rings. The van der Waals surface area contributed by atoms with Crippen molar-refractivity contribution in [3.8, 4) is 0 Å². The minimum Gasteiger partial charge on any atom is -0.389 e. The van der Waals surface area contributed by atoms with E-state index in [0.29, 0.717) is 6.54 Å². The predicted molar refractivity (Wildman–Crippen MR) is 85.6 cm³/mol. The number of carbonyl (C=O) groups is 1. The Hall–Kier alpha value is -1.57. The summed E-state index contributed by atoms with van der Waals surface area (Å²) < 4.78 is 27.1. The zero-order valence-electron chi connectivity index (χ0n) is 13.8. The lowest BCUT2D eigenvalue weighted by molar-refractivity contribution is -0.123. The Kier molecular flexibility index (Phi) is 6.26. The van der Waals surface area contributed by atoms with Gasteiger partial charge in [-0.1, -0.05) is 30.3 Å². The fourth-order valence-corrected chi connectivity index (χ4v) is 3.42. The van der Waals surface area contributed by atoms with Crippen LogP contribution in [0.15, 0.2) is 30.3 Å². The Labute approximate surface area is 140 Å². The molecule has 24 heavy (non-hydrogen) atoms. The summed E-state index contributed by atoms with van der Waals surface area (Å²) in [7, 11) is 0. The van der Waals surface area contributed by atoms with Gasteiger partial charge in [-0.2, -0.15) is 0 Å². The van der Waals surface area contributed by atoms with Crippen LogP contribution in [0, 0.1) is 0 Å². The SMILES string of the molecule is CCNC(=O)C[C@@H]1[C@@H](O)[C@H](O)[C@@H](C(F)F)N1C(C)c1ccccc1. The van der Waals surface area contributed by atoms with Crippen molar-refractivity contribution in [2.75, 3.05) is 6.54 Å². The second-order valence-corrected chi connectivity index (χ2v) is 6.07. The molecule has 1 amide bonds. The topological polar surface area (TPSA) is 72.8 Å². The summed E-state index contributed by atoms with van der Waals surface area (Å²) in [5, 5.41) is 23.0. The Balaban J connectivity index is 2.33. The molecule has 134 valence electrons. The van der Waals surface area contributed by atoms with Crippen molar-refractivity contribution >= 4 is 5.91 Å². The first kappa shape index (κ1) is 18.8. The lowest BCUT2D eigenvalue weighted by Crippen LogP contribution is -2.46. The van der Waals surface area contributed by atoms with Crippen molar-refractivity contribution < 1.29 is 23.8 Å². The molecule has 1 aromatic rings. The van der Waals surface area contributed by atoms with Crippen LogP contribution in [0.2, 0.25) is 0 Å². The lowest BCUT2D eigenvalue weighted by atomic mass is 10.0. The maximum atomic E-state index is 13.5. The summed E-state index contributed by atoms with van der Waals surface area (Å²) in [6.07, 6.45) is -5.99. The number of rotatable bonds is 6. The molecule has 1 saturated heterocycles. The van der Waals surface area contributed by atoms with E-state index in [9.17, 15) is 23.8 Å². The van der Waals surface area contributed by atoms with Gasteiger partial charge in [0.2, 0.25) is 5.91 Å². The summed E-state index contributed by atoms with van der Waals surface area (Å²) in [5.74, 6) is -0.339. The van der Waals surface area contributed by atoms with Gasteiger partial charge in [0, 0.05) is 25.0 Å². The molecule has 1 aliphatic heterocycles. The summed E-state index contributed by atoms with van der Waals surface area (Å²) in [6.45, 7) is 3.90. The number of aliphatic hydroxyl groups excluding tert-OH is 2. The van der Waals surface area contributed by atoms with Gasteiger partial charge < -0.3 is 15.5 Å². The Morgan fingerprint density at radius 2 is 1.88 bits per heavy atom. The van der Waals surface area contributed by atoms with Gasteiger partial charge in [0.05, 0.1) is 6.10 Å². The molecule has 3 N–H and O–H groups in total. The van der Waals surface area contributed by atoms with Crippen molar-refractivity contribution in [3.05, 3.63) is 35.9 Å². The van der Waals surface area contributed by atoms with Crippen molar-refractivity contribution in [2.24, 2.45) is 0 Å². The number of aliphatic hydroxyl groups is 2. The van der Waals surface area contributed by atoms with Crippen LogP contribution in [0.5, 0.6) is 0 Å². The number of benzene rings is 1. The van der Waals surface area contributed by atoms with E-state index in [2.05, 4.69) is 5.32 Å². The number of alkyl halides is 2. The van der Waals surface area contributed by atoms with Crippen LogP contribution in [0.4, 0.5) is 8.78 Å². The Morgan fingerprint density at radius 1 is 1.25 bits per heavy atom. The molecule has 0 saturated carbocycles. The van der Waals surface area contributed by atoms with Crippen molar-refractivity contribution in [2.45, 2.75) is 57.0 Å². The summed E-state index contributed by atoms with van der Waals surface area (Å²) in [4.78, 5) is 13.3. The van der Waals surface area contributed by atoms with E-state index in [0.717, 1.165) is 5.56 Å². The van der Waals surface area contributed by atoms with Crippen molar-refractivity contribution in [1.29, 1.82) is 0 Å². The van der Waals surface area contributed by atoms with Crippen LogP contribution in [0.25, 0.3) is 0 Å². The van der Waals surface area contributed by atoms with E-state index >= 15 is 0 Å². The molecule has 1 heterocycles. The number of carbonyl (C=O) groups excluding carboxylic acids is 1. The highest BCUT2D eigenvalue weighted by atomic mass is 19.3. The fourth-order valence-electron chi connectivity index (χ4n) is 3.42. The van der Waals surface area contributed by atoms with Gasteiger partial charge in [0.25, 0.3) is 6.43 Å². The minimum atomic E-state index is -2.83. The van der Waals surface area contributed by atoms with Crippen LogP contribution in [0.3, 0.4) is 0 Å². The van der Waals surface area contributed by atoms with Gasteiger partial charge >= 0.3 is 0 Å². The number of hydrogen-bond donors (Lipinski definition) is 3. The Morgan fingerprint density at radius 3 is 2.42 bits per heavy atom. The third-order valence-corrected chi connectivity index (χ3v) is 4.58. The number of halogens is 2. The van der Waals surface area contributed by atoms with Crippen molar-refractivity contribution in [3.63, 3.8) is 0 Å². The highest BCUT2D eigenvalue weighted by Crippen LogP contribution is 2.38. The monoisotopic (exact) mass is 342 g/mol. The predicted octanol–water partition coefficient (Wildman–Crippen LogP) is 1.31. The van der Waals surface area contributed by atoms with E-state index in [1.807, 2.05) is 6.07 Å². The highest BCUT2D eigenvalue weighted by Gasteiger charge is 2.53. The van der Waals surface area contributed by atoms with Gasteiger partial charge in [-0.25, -0.2) is 8.78 Å². The molecular formula is C17H24F2N2O3.